The second kappa shape index (κ2) is 4.69. The molecule has 1 aliphatic heterocycles. The van der Waals surface area contributed by atoms with Crippen LogP contribution in [0.25, 0.3) is 0 Å². The van der Waals surface area contributed by atoms with Gasteiger partial charge in [-0.3, -0.25) is 4.90 Å². The Morgan fingerprint density at radius 2 is 2.17 bits per heavy atom. The van der Waals surface area contributed by atoms with Crippen molar-refractivity contribution in [2.45, 2.75) is 39.0 Å². The van der Waals surface area contributed by atoms with E-state index in [4.69, 9.17) is 10.00 Å². The van der Waals surface area contributed by atoms with Crippen LogP contribution < -0.4 is 0 Å². The summed E-state index contributed by atoms with van der Waals surface area (Å²) in [5, 5.41) is 8.89. The summed E-state index contributed by atoms with van der Waals surface area (Å²) in [7, 11) is 0. The maximum Gasteiger partial charge on any atom is 0.411 e. The number of nitriles is 1. The van der Waals surface area contributed by atoms with E-state index in [0.717, 1.165) is 5.56 Å². The molecule has 0 spiro atoms. The predicted molar refractivity (Wildman–Crippen MR) is 66.8 cm³/mol. The third kappa shape index (κ3) is 2.04. The van der Waals surface area contributed by atoms with Gasteiger partial charge in [0.2, 0.25) is 0 Å². The number of amides is 1. The molecule has 0 aliphatic carbocycles. The third-order valence-corrected chi connectivity index (χ3v) is 3.22. The molecule has 0 bridgehead atoms. The zero-order valence-electron chi connectivity index (χ0n) is 10.8. The fourth-order valence-corrected chi connectivity index (χ4v) is 2.39. The van der Waals surface area contributed by atoms with Crippen molar-refractivity contribution < 1.29 is 9.53 Å². The first-order valence-electron chi connectivity index (χ1n) is 6.03. The Kier molecular flexibility index (Phi) is 3.24. The summed E-state index contributed by atoms with van der Waals surface area (Å²) >= 11 is 0. The molecule has 4 heteroatoms. The maximum atomic E-state index is 11.8. The average molecular weight is 244 g/mol. The molecule has 0 unspecified atom stereocenters. The van der Waals surface area contributed by atoms with Gasteiger partial charge in [0.15, 0.2) is 0 Å². The van der Waals surface area contributed by atoms with Crippen molar-refractivity contribution in [3.8, 4) is 6.07 Å². The minimum atomic E-state index is -0.298. The second-order valence-electron chi connectivity index (χ2n) is 4.78. The second-order valence-corrected chi connectivity index (χ2v) is 4.78. The van der Waals surface area contributed by atoms with Crippen molar-refractivity contribution in [1.82, 2.24) is 4.90 Å². The lowest BCUT2D eigenvalue weighted by atomic mass is 10.0. The Hall–Kier alpha value is -2.02. The van der Waals surface area contributed by atoms with Crippen LogP contribution in [0.5, 0.6) is 0 Å². The Labute approximate surface area is 107 Å². The zero-order valence-corrected chi connectivity index (χ0v) is 10.8. The lowest BCUT2D eigenvalue weighted by Crippen LogP contribution is -2.37. The van der Waals surface area contributed by atoms with Crippen LogP contribution in [-0.2, 0) is 4.74 Å². The van der Waals surface area contributed by atoms with Crippen molar-refractivity contribution in [3.05, 3.63) is 35.4 Å². The van der Waals surface area contributed by atoms with Crippen LogP contribution in [0, 0.1) is 11.3 Å². The first kappa shape index (κ1) is 12.4. The van der Waals surface area contributed by atoms with Crippen molar-refractivity contribution in [3.63, 3.8) is 0 Å². The predicted octanol–water partition coefficient (Wildman–Crippen LogP) is 2.85. The fourth-order valence-electron chi connectivity index (χ4n) is 2.39. The van der Waals surface area contributed by atoms with Gasteiger partial charge in [-0.15, -0.1) is 0 Å². The standard InChI is InChI=1S/C14H16N2O2/c1-9(2)16-10(3)13(18-14(16)17)12-6-4-5-11(7-12)8-15/h4-7,9-10,13H,1-3H3/t10-,13-/m0/s1. The van der Waals surface area contributed by atoms with Gasteiger partial charge < -0.3 is 4.74 Å². The van der Waals surface area contributed by atoms with Gasteiger partial charge in [-0.05, 0) is 38.5 Å². The number of carbonyl (C=O) groups excluding carboxylic acids is 1. The molecule has 1 saturated heterocycles. The highest BCUT2D eigenvalue weighted by Crippen LogP contribution is 2.33. The van der Waals surface area contributed by atoms with Gasteiger partial charge in [-0.2, -0.15) is 5.26 Å². The SMILES string of the molecule is CC(C)N1C(=O)O[C@H](c2cccc(C#N)c2)[C@@H]1C. The van der Waals surface area contributed by atoms with Crippen molar-refractivity contribution in [2.24, 2.45) is 0 Å². The molecule has 2 atom stereocenters. The number of benzene rings is 1. The third-order valence-electron chi connectivity index (χ3n) is 3.22. The average Bonchev–Trinajstić information content (AvgIpc) is 2.65. The first-order chi connectivity index (χ1) is 8.54. The van der Waals surface area contributed by atoms with Crippen molar-refractivity contribution in [1.29, 1.82) is 5.26 Å². The lowest BCUT2D eigenvalue weighted by Gasteiger charge is -2.24. The Balaban J connectivity index is 2.30. The van der Waals surface area contributed by atoms with E-state index in [-0.39, 0.29) is 24.3 Å². The summed E-state index contributed by atoms with van der Waals surface area (Å²) in [4.78, 5) is 13.5. The molecule has 1 aromatic rings. The van der Waals surface area contributed by atoms with Crippen LogP contribution in [0.1, 0.15) is 38.0 Å². The summed E-state index contributed by atoms with van der Waals surface area (Å²) < 4.78 is 5.41. The van der Waals surface area contributed by atoms with E-state index >= 15 is 0 Å². The summed E-state index contributed by atoms with van der Waals surface area (Å²) in [6.45, 7) is 5.90. The molecule has 1 aromatic carbocycles. The first-order valence-corrected chi connectivity index (χ1v) is 6.03. The van der Waals surface area contributed by atoms with E-state index in [1.807, 2.05) is 32.9 Å². The summed E-state index contributed by atoms with van der Waals surface area (Å²) in [5.74, 6) is 0. The molecular formula is C14H16N2O2. The highest BCUT2D eigenvalue weighted by atomic mass is 16.6. The van der Waals surface area contributed by atoms with Crippen LogP contribution in [0.15, 0.2) is 24.3 Å². The Morgan fingerprint density at radius 3 is 2.72 bits per heavy atom. The van der Waals surface area contributed by atoms with Gasteiger partial charge in [-0.25, -0.2) is 4.79 Å². The van der Waals surface area contributed by atoms with Gasteiger partial charge in [0, 0.05) is 6.04 Å². The van der Waals surface area contributed by atoms with Gasteiger partial charge in [0.1, 0.15) is 6.10 Å². The fraction of sp³-hybridized carbons (Fsp3) is 0.429. The molecule has 0 N–H and O–H groups in total. The highest BCUT2D eigenvalue weighted by Gasteiger charge is 2.40. The lowest BCUT2D eigenvalue weighted by molar-refractivity contribution is 0.129. The Morgan fingerprint density at radius 1 is 1.44 bits per heavy atom. The molecule has 18 heavy (non-hydrogen) atoms. The molecule has 0 radical (unpaired) electrons. The number of hydrogen-bond donors (Lipinski definition) is 0. The molecular weight excluding hydrogens is 228 g/mol. The summed E-state index contributed by atoms with van der Waals surface area (Å²) in [5.41, 5.74) is 1.46. The van der Waals surface area contributed by atoms with Gasteiger partial charge in [0.25, 0.3) is 0 Å². The molecule has 0 saturated carbocycles. The number of hydrogen-bond acceptors (Lipinski definition) is 3. The number of carbonyl (C=O) groups is 1. The number of cyclic esters (lactones) is 1. The van der Waals surface area contributed by atoms with Crippen LogP contribution in [0.4, 0.5) is 4.79 Å². The minimum Gasteiger partial charge on any atom is -0.439 e. The van der Waals surface area contributed by atoms with E-state index in [0.29, 0.717) is 5.56 Å². The monoisotopic (exact) mass is 244 g/mol. The molecule has 2 rings (SSSR count). The quantitative estimate of drug-likeness (QED) is 0.803. The minimum absolute atomic E-state index is 0.0218. The molecule has 1 amide bonds. The summed E-state index contributed by atoms with van der Waals surface area (Å²) in [6, 6.07) is 9.40. The van der Waals surface area contributed by atoms with E-state index in [2.05, 4.69) is 6.07 Å². The van der Waals surface area contributed by atoms with E-state index in [9.17, 15) is 4.79 Å². The smallest absolute Gasteiger partial charge is 0.411 e. The molecule has 1 fully saturated rings. The molecule has 1 heterocycles. The molecule has 0 aromatic heterocycles. The van der Waals surface area contributed by atoms with Crippen LogP contribution in [0.3, 0.4) is 0 Å². The van der Waals surface area contributed by atoms with Gasteiger partial charge >= 0.3 is 6.09 Å². The topological polar surface area (TPSA) is 53.3 Å². The maximum absolute atomic E-state index is 11.8. The number of nitrogens with zero attached hydrogens (tertiary/aromatic N) is 2. The van der Waals surface area contributed by atoms with E-state index < -0.39 is 0 Å². The zero-order chi connectivity index (χ0) is 13.3. The van der Waals surface area contributed by atoms with E-state index in [1.54, 1.807) is 17.0 Å². The van der Waals surface area contributed by atoms with Crippen molar-refractivity contribution in [2.75, 3.05) is 0 Å². The number of ether oxygens (including phenoxy) is 1. The largest absolute Gasteiger partial charge is 0.439 e. The molecule has 4 nitrogen and oxygen atoms in total. The van der Waals surface area contributed by atoms with Gasteiger partial charge in [-0.1, -0.05) is 12.1 Å². The molecule has 94 valence electrons. The van der Waals surface area contributed by atoms with Gasteiger partial charge in [0.05, 0.1) is 17.7 Å². The normalized spacial score (nSPS) is 23.1. The summed E-state index contributed by atoms with van der Waals surface area (Å²) in [6.07, 6.45) is -0.585. The van der Waals surface area contributed by atoms with Crippen LogP contribution >= 0.6 is 0 Å². The number of rotatable bonds is 2. The van der Waals surface area contributed by atoms with Crippen molar-refractivity contribution >= 4 is 6.09 Å². The van der Waals surface area contributed by atoms with Crippen LogP contribution in [0.2, 0.25) is 0 Å². The molecule has 1 aliphatic rings. The van der Waals surface area contributed by atoms with Crippen LogP contribution in [-0.4, -0.2) is 23.1 Å². The van der Waals surface area contributed by atoms with E-state index in [1.165, 1.54) is 0 Å². The Bertz CT molecular complexity index is 505. The highest BCUT2D eigenvalue weighted by molar-refractivity contribution is 5.71.